The van der Waals surface area contributed by atoms with Crippen LogP contribution in [0.15, 0.2) is 60.7 Å². The van der Waals surface area contributed by atoms with E-state index < -0.39 is 0 Å². The number of benzene rings is 3. The van der Waals surface area contributed by atoms with Crippen molar-refractivity contribution >= 4 is 21.7 Å². The number of hydrogen-bond acceptors (Lipinski definition) is 1. The number of nitrogens with zero attached hydrogens (tertiary/aromatic N) is 1. The van der Waals surface area contributed by atoms with Gasteiger partial charge in [-0.05, 0) is 76.4 Å². The Kier molecular flexibility index (Phi) is 4.94. The van der Waals surface area contributed by atoms with Crippen LogP contribution < -0.4 is 0 Å². The average Bonchev–Trinajstić information content (AvgIpc) is 2.65. The normalized spacial score (nSPS) is 12.2. The number of aromatic nitrogens is 1. The van der Waals surface area contributed by atoms with Crippen LogP contribution in [0.4, 0.5) is 0 Å². The van der Waals surface area contributed by atoms with Crippen LogP contribution >= 0.6 is 0 Å². The van der Waals surface area contributed by atoms with E-state index in [2.05, 4.69) is 102 Å². The molecule has 0 fully saturated rings. The summed E-state index contributed by atoms with van der Waals surface area (Å²) in [5.41, 5.74) is 7.46. The van der Waals surface area contributed by atoms with Gasteiger partial charge in [0.2, 0.25) is 0 Å². The van der Waals surface area contributed by atoms with E-state index in [0.29, 0.717) is 5.92 Å². The van der Waals surface area contributed by atoms with Gasteiger partial charge in [0, 0.05) is 10.9 Å². The third-order valence-electron chi connectivity index (χ3n) is 5.69. The SMILES string of the molecule is Cc1cc(-c2cc(C(C)(C)C)c3ccccc3c2)nc2cc(CC(C)C)ccc12. The highest BCUT2D eigenvalue weighted by molar-refractivity contribution is 5.92. The highest BCUT2D eigenvalue weighted by atomic mass is 14.7. The van der Waals surface area contributed by atoms with Crippen molar-refractivity contribution < 1.29 is 0 Å². The molecule has 0 aliphatic carbocycles. The van der Waals surface area contributed by atoms with E-state index in [9.17, 15) is 0 Å². The van der Waals surface area contributed by atoms with Gasteiger partial charge in [0.05, 0.1) is 11.2 Å². The van der Waals surface area contributed by atoms with Crippen molar-refractivity contribution in [1.82, 2.24) is 4.98 Å². The van der Waals surface area contributed by atoms with E-state index in [1.165, 1.54) is 38.4 Å². The Labute approximate surface area is 174 Å². The molecule has 1 heteroatoms. The Morgan fingerprint density at radius 1 is 0.862 bits per heavy atom. The second-order valence-corrected chi connectivity index (χ2v) is 9.77. The minimum Gasteiger partial charge on any atom is -0.248 e. The molecule has 0 amide bonds. The zero-order valence-corrected chi connectivity index (χ0v) is 18.5. The fraction of sp³-hybridized carbons (Fsp3) is 0.321. The van der Waals surface area contributed by atoms with E-state index in [1.54, 1.807) is 0 Å². The first-order valence-corrected chi connectivity index (χ1v) is 10.7. The number of fused-ring (bicyclic) bond motifs is 2. The molecule has 0 aliphatic rings. The quantitative estimate of drug-likeness (QED) is 0.352. The smallest absolute Gasteiger partial charge is 0.0714 e. The summed E-state index contributed by atoms with van der Waals surface area (Å²) < 4.78 is 0. The van der Waals surface area contributed by atoms with Crippen LogP contribution in [0.2, 0.25) is 0 Å². The molecule has 1 heterocycles. The first-order chi connectivity index (χ1) is 13.7. The summed E-state index contributed by atoms with van der Waals surface area (Å²) in [7, 11) is 0. The predicted octanol–water partition coefficient (Wildman–Crippen LogP) is 7.86. The molecule has 1 aromatic heterocycles. The van der Waals surface area contributed by atoms with Crippen molar-refractivity contribution in [2.45, 2.75) is 53.4 Å². The van der Waals surface area contributed by atoms with Crippen molar-refractivity contribution in [3.63, 3.8) is 0 Å². The molecule has 3 aromatic carbocycles. The van der Waals surface area contributed by atoms with E-state index >= 15 is 0 Å². The second kappa shape index (κ2) is 7.30. The lowest BCUT2D eigenvalue weighted by Crippen LogP contribution is -2.12. The van der Waals surface area contributed by atoms with Crippen molar-refractivity contribution in [1.29, 1.82) is 0 Å². The van der Waals surface area contributed by atoms with Gasteiger partial charge in [0.15, 0.2) is 0 Å². The number of pyridine rings is 1. The molecule has 29 heavy (non-hydrogen) atoms. The number of rotatable bonds is 3. The maximum Gasteiger partial charge on any atom is 0.0714 e. The lowest BCUT2D eigenvalue weighted by atomic mass is 9.82. The van der Waals surface area contributed by atoms with Crippen molar-refractivity contribution in [2.24, 2.45) is 5.92 Å². The third-order valence-corrected chi connectivity index (χ3v) is 5.69. The highest BCUT2D eigenvalue weighted by Crippen LogP contribution is 2.35. The molecular formula is C28H31N. The third kappa shape index (κ3) is 3.92. The minimum atomic E-state index is 0.0753. The first kappa shape index (κ1) is 19.6. The summed E-state index contributed by atoms with van der Waals surface area (Å²) in [4.78, 5) is 5.10. The molecule has 148 valence electrons. The fourth-order valence-corrected chi connectivity index (χ4v) is 4.27. The van der Waals surface area contributed by atoms with Gasteiger partial charge in [-0.15, -0.1) is 0 Å². The predicted molar refractivity (Wildman–Crippen MR) is 127 cm³/mol. The summed E-state index contributed by atoms with van der Waals surface area (Å²) in [6, 6.07) is 22.3. The van der Waals surface area contributed by atoms with Crippen molar-refractivity contribution in [3.8, 4) is 11.3 Å². The molecule has 0 spiro atoms. The molecule has 0 bridgehead atoms. The van der Waals surface area contributed by atoms with E-state index in [-0.39, 0.29) is 5.41 Å². The maximum absolute atomic E-state index is 5.10. The van der Waals surface area contributed by atoms with Gasteiger partial charge in [0.25, 0.3) is 0 Å². The molecule has 0 N–H and O–H groups in total. The fourth-order valence-electron chi connectivity index (χ4n) is 4.27. The summed E-state index contributed by atoms with van der Waals surface area (Å²) in [6.45, 7) is 13.6. The van der Waals surface area contributed by atoms with Crippen LogP contribution in [0.25, 0.3) is 32.9 Å². The zero-order valence-electron chi connectivity index (χ0n) is 18.5. The monoisotopic (exact) mass is 381 g/mol. The first-order valence-electron chi connectivity index (χ1n) is 10.7. The largest absolute Gasteiger partial charge is 0.248 e. The van der Waals surface area contributed by atoms with Gasteiger partial charge in [-0.2, -0.15) is 0 Å². The van der Waals surface area contributed by atoms with Crippen LogP contribution in [0.3, 0.4) is 0 Å². The Bertz CT molecular complexity index is 1190. The van der Waals surface area contributed by atoms with Crippen molar-refractivity contribution in [2.75, 3.05) is 0 Å². The van der Waals surface area contributed by atoms with Gasteiger partial charge in [-0.25, -0.2) is 4.98 Å². The Hall–Kier alpha value is -2.67. The molecule has 0 unspecified atom stereocenters. The Balaban J connectivity index is 1.93. The summed E-state index contributed by atoms with van der Waals surface area (Å²) in [5, 5.41) is 3.86. The lowest BCUT2D eigenvalue weighted by Gasteiger charge is -2.23. The van der Waals surface area contributed by atoms with Gasteiger partial charge >= 0.3 is 0 Å². The second-order valence-electron chi connectivity index (χ2n) is 9.77. The van der Waals surface area contributed by atoms with E-state index in [0.717, 1.165) is 17.6 Å². The molecule has 0 atom stereocenters. The van der Waals surface area contributed by atoms with E-state index in [4.69, 9.17) is 4.98 Å². The highest BCUT2D eigenvalue weighted by Gasteiger charge is 2.19. The molecule has 0 saturated carbocycles. The minimum absolute atomic E-state index is 0.0753. The molecule has 0 saturated heterocycles. The Morgan fingerprint density at radius 2 is 1.62 bits per heavy atom. The molecule has 0 aliphatic heterocycles. The van der Waals surface area contributed by atoms with Crippen LogP contribution in [-0.2, 0) is 11.8 Å². The number of aryl methyl sites for hydroxylation is 1. The topological polar surface area (TPSA) is 12.9 Å². The summed E-state index contributed by atoms with van der Waals surface area (Å²) >= 11 is 0. The average molecular weight is 382 g/mol. The summed E-state index contributed by atoms with van der Waals surface area (Å²) in [5.74, 6) is 0.645. The van der Waals surface area contributed by atoms with Gasteiger partial charge in [-0.3, -0.25) is 0 Å². The van der Waals surface area contributed by atoms with Gasteiger partial charge in [0.1, 0.15) is 0 Å². The zero-order chi connectivity index (χ0) is 20.8. The molecule has 4 aromatic rings. The molecule has 1 nitrogen and oxygen atoms in total. The van der Waals surface area contributed by atoms with Crippen LogP contribution in [-0.4, -0.2) is 4.98 Å². The standard InChI is InChI=1S/C28H31N/c1-18(2)13-20-11-12-23-19(3)14-26(29-27(23)15-20)22-16-21-9-7-8-10-24(21)25(17-22)28(4,5)6/h7-12,14-18H,13H2,1-6H3. The molecule has 4 rings (SSSR count). The van der Waals surface area contributed by atoms with Crippen molar-refractivity contribution in [3.05, 3.63) is 77.4 Å². The number of hydrogen-bond donors (Lipinski definition) is 0. The lowest BCUT2D eigenvalue weighted by molar-refractivity contribution is 0.596. The summed E-state index contributed by atoms with van der Waals surface area (Å²) in [6.07, 6.45) is 1.09. The Morgan fingerprint density at radius 3 is 2.34 bits per heavy atom. The van der Waals surface area contributed by atoms with Gasteiger partial charge < -0.3 is 0 Å². The maximum atomic E-state index is 5.10. The van der Waals surface area contributed by atoms with Gasteiger partial charge in [-0.1, -0.05) is 71.0 Å². The van der Waals surface area contributed by atoms with Crippen LogP contribution in [0.1, 0.15) is 51.3 Å². The van der Waals surface area contributed by atoms with Crippen LogP contribution in [0, 0.1) is 12.8 Å². The molecular weight excluding hydrogens is 350 g/mol. The van der Waals surface area contributed by atoms with Crippen LogP contribution in [0.5, 0.6) is 0 Å². The molecule has 0 radical (unpaired) electrons. The van der Waals surface area contributed by atoms with E-state index in [1.807, 2.05) is 0 Å².